The molecule has 1 amide bonds. The molecule has 20 heavy (non-hydrogen) atoms. The monoisotopic (exact) mass is 310 g/mol. The lowest BCUT2D eigenvalue weighted by Crippen LogP contribution is -2.13. The molecule has 0 radical (unpaired) electrons. The fraction of sp³-hybridized carbons (Fsp3) is 0. The third kappa shape index (κ3) is 3.26. The Hall–Kier alpha value is -2.11. The van der Waals surface area contributed by atoms with E-state index in [9.17, 15) is 9.59 Å². The van der Waals surface area contributed by atoms with Crippen molar-refractivity contribution in [3.8, 4) is 0 Å². The Labute approximate surface area is 124 Å². The molecular weight excluding hydrogens is 303 g/mol. The summed E-state index contributed by atoms with van der Waals surface area (Å²) in [7, 11) is 0. The van der Waals surface area contributed by atoms with Crippen molar-refractivity contribution in [1.29, 1.82) is 0 Å². The van der Waals surface area contributed by atoms with Gasteiger partial charge in [0.05, 0.1) is 15.6 Å². The van der Waals surface area contributed by atoms with Crippen molar-refractivity contribution in [3.05, 3.63) is 57.7 Å². The van der Waals surface area contributed by atoms with E-state index in [-0.39, 0.29) is 16.4 Å². The number of nitrogens with one attached hydrogen (secondary N) is 1. The molecule has 0 saturated heterocycles. The first-order valence-electron chi connectivity index (χ1n) is 5.43. The summed E-state index contributed by atoms with van der Waals surface area (Å²) in [4.78, 5) is 26.6. The summed E-state index contributed by atoms with van der Waals surface area (Å²) in [6, 6.07) is 7.01. The van der Waals surface area contributed by atoms with Gasteiger partial charge in [-0.05, 0) is 30.3 Å². The zero-order valence-electron chi connectivity index (χ0n) is 9.93. The molecule has 0 aliphatic carbocycles. The zero-order valence-corrected chi connectivity index (χ0v) is 11.4. The number of hydrogen-bond acceptors (Lipinski definition) is 3. The van der Waals surface area contributed by atoms with E-state index in [1.165, 1.54) is 36.5 Å². The number of amides is 1. The number of halogens is 2. The lowest BCUT2D eigenvalue weighted by Gasteiger charge is -2.06. The van der Waals surface area contributed by atoms with Gasteiger partial charge >= 0.3 is 5.97 Å². The van der Waals surface area contributed by atoms with Crippen LogP contribution in [0.15, 0.2) is 36.5 Å². The van der Waals surface area contributed by atoms with Crippen LogP contribution in [-0.4, -0.2) is 22.0 Å². The highest BCUT2D eigenvalue weighted by Gasteiger charge is 2.10. The number of aromatic nitrogens is 1. The molecule has 0 saturated carbocycles. The first-order chi connectivity index (χ1) is 9.47. The standard InChI is InChI=1S/C13H8Cl2N2O3/c14-9-2-1-7(5-10(9)15)12(18)17-11-6-8(13(19)20)3-4-16-11/h1-6H,(H,19,20)(H,16,17,18). The fourth-order valence-corrected chi connectivity index (χ4v) is 1.76. The van der Waals surface area contributed by atoms with Crippen LogP contribution in [0.3, 0.4) is 0 Å². The first-order valence-corrected chi connectivity index (χ1v) is 6.18. The Balaban J connectivity index is 2.21. The van der Waals surface area contributed by atoms with E-state index in [2.05, 4.69) is 10.3 Å². The topological polar surface area (TPSA) is 79.3 Å². The van der Waals surface area contributed by atoms with Gasteiger partial charge in [-0.1, -0.05) is 23.2 Å². The minimum atomic E-state index is -1.10. The van der Waals surface area contributed by atoms with E-state index in [0.29, 0.717) is 10.6 Å². The van der Waals surface area contributed by atoms with Crippen molar-refractivity contribution >= 4 is 40.9 Å². The number of rotatable bonds is 3. The summed E-state index contributed by atoms with van der Waals surface area (Å²) in [5.41, 5.74) is 0.325. The summed E-state index contributed by atoms with van der Waals surface area (Å²) in [6.07, 6.45) is 1.30. The Kier molecular flexibility index (Phi) is 4.22. The molecule has 2 aromatic rings. The third-order valence-corrected chi connectivity index (χ3v) is 3.17. The lowest BCUT2D eigenvalue weighted by atomic mass is 10.2. The van der Waals surface area contributed by atoms with E-state index in [4.69, 9.17) is 28.3 Å². The highest BCUT2D eigenvalue weighted by Crippen LogP contribution is 2.23. The van der Waals surface area contributed by atoms with Crippen LogP contribution in [-0.2, 0) is 0 Å². The van der Waals surface area contributed by atoms with E-state index in [1.807, 2.05) is 0 Å². The van der Waals surface area contributed by atoms with E-state index < -0.39 is 11.9 Å². The van der Waals surface area contributed by atoms with Crippen LogP contribution in [0, 0.1) is 0 Å². The van der Waals surface area contributed by atoms with Crippen molar-refractivity contribution in [2.24, 2.45) is 0 Å². The van der Waals surface area contributed by atoms with Crippen LogP contribution in [0.25, 0.3) is 0 Å². The minimum absolute atomic E-state index is 0.0319. The highest BCUT2D eigenvalue weighted by molar-refractivity contribution is 6.42. The van der Waals surface area contributed by atoms with Crippen molar-refractivity contribution in [2.75, 3.05) is 5.32 Å². The molecule has 7 heteroatoms. The maximum absolute atomic E-state index is 12.0. The average molecular weight is 311 g/mol. The van der Waals surface area contributed by atoms with Gasteiger partial charge in [-0.3, -0.25) is 4.79 Å². The van der Waals surface area contributed by atoms with Gasteiger partial charge in [-0.25, -0.2) is 9.78 Å². The van der Waals surface area contributed by atoms with Gasteiger partial charge in [-0.15, -0.1) is 0 Å². The number of carboxylic acids is 1. The molecule has 2 rings (SSSR count). The molecule has 1 aromatic heterocycles. The number of pyridine rings is 1. The van der Waals surface area contributed by atoms with Crippen molar-refractivity contribution in [3.63, 3.8) is 0 Å². The van der Waals surface area contributed by atoms with Crippen LogP contribution < -0.4 is 5.32 Å². The van der Waals surface area contributed by atoms with E-state index >= 15 is 0 Å². The van der Waals surface area contributed by atoms with Gasteiger partial charge in [0.1, 0.15) is 5.82 Å². The molecule has 1 heterocycles. The number of nitrogens with zero attached hydrogens (tertiary/aromatic N) is 1. The largest absolute Gasteiger partial charge is 0.478 e. The number of aromatic carboxylic acids is 1. The summed E-state index contributed by atoms with van der Waals surface area (Å²) in [6.45, 7) is 0. The van der Waals surface area contributed by atoms with Crippen LogP contribution in [0.5, 0.6) is 0 Å². The predicted octanol–water partition coefficient (Wildman–Crippen LogP) is 3.34. The molecule has 102 valence electrons. The molecule has 0 unspecified atom stereocenters. The van der Waals surface area contributed by atoms with Gasteiger partial charge in [0, 0.05) is 11.8 Å². The van der Waals surface area contributed by atoms with Crippen molar-refractivity contribution < 1.29 is 14.7 Å². The van der Waals surface area contributed by atoms with Gasteiger partial charge in [0.15, 0.2) is 0 Å². The van der Waals surface area contributed by atoms with Gasteiger partial charge in [0.2, 0.25) is 0 Å². The molecule has 0 fully saturated rings. The minimum Gasteiger partial charge on any atom is -0.478 e. The van der Waals surface area contributed by atoms with Gasteiger partial charge in [-0.2, -0.15) is 0 Å². The number of anilines is 1. The maximum Gasteiger partial charge on any atom is 0.335 e. The molecule has 0 aliphatic heterocycles. The molecule has 5 nitrogen and oxygen atoms in total. The average Bonchev–Trinajstić information content (AvgIpc) is 2.42. The number of carbonyl (C=O) groups excluding carboxylic acids is 1. The molecule has 0 bridgehead atoms. The molecule has 2 N–H and O–H groups in total. The Morgan fingerprint density at radius 1 is 1.05 bits per heavy atom. The zero-order chi connectivity index (χ0) is 14.7. The summed E-state index contributed by atoms with van der Waals surface area (Å²) in [5.74, 6) is -1.42. The Morgan fingerprint density at radius 3 is 2.45 bits per heavy atom. The highest BCUT2D eigenvalue weighted by atomic mass is 35.5. The second kappa shape index (κ2) is 5.90. The molecule has 0 spiro atoms. The van der Waals surface area contributed by atoms with Crippen LogP contribution in [0.1, 0.15) is 20.7 Å². The Bertz CT molecular complexity index is 689. The lowest BCUT2D eigenvalue weighted by molar-refractivity contribution is 0.0696. The molecular formula is C13H8Cl2N2O3. The second-order valence-corrected chi connectivity index (χ2v) is 4.63. The summed E-state index contributed by atoms with van der Waals surface area (Å²) in [5, 5.41) is 11.9. The Morgan fingerprint density at radius 2 is 1.80 bits per heavy atom. The fourth-order valence-electron chi connectivity index (χ4n) is 1.46. The van der Waals surface area contributed by atoms with Crippen LogP contribution in [0.4, 0.5) is 5.82 Å². The number of carbonyl (C=O) groups is 2. The van der Waals surface area contributed by atoms with Crippen molar-refractivity contribution in [2.45, 2.75) is 0 Å². The molecule has 0 aliphatic rings. The first kappa shape index (κ1) is 14.3. The molecule has 1 aromatic carbocycles. The maximum atomic E-state index is 12.0. The second-order valence-electron chi connectivity index (χ2n) is 3.82. The van der Waals surface area contributed by atoms with Crippen LogP contribution >= 0.6 is 23.2 Å². The normalized spacial score (nSPS) is 10.1. The summed E-state index contributed by atoms with van der Waals surface area (Å²) >= 11 is 11.6. The number of carboxylic acid groups (broad SMARTS) is 1. The van der Waals surface area contributed by atoms with Crippen LogP contribution in [0.2, 0.25) is 10.0 Å². The summed E-state index contributed by atoms with van der Waals surface area (Å²) < 4.78 is 0. The quantitative estimate of drug-likeness (QED) is 0.911. The molecule has 0 atom stereocenters. The number of benzene rings is 1. The van der Waals surface area contributed by atoms with Gasteiger partial charge in [0.25, 0.3) is 5.91 Å². The smallest absolute Gasteiger partial charge is 0.335 e. The SMILES string of the molecule is O=C(O)c1ccnc(NC(=O)c2ccc(Cl)c(Cl)c2)c1. The van der Waals surface area contributed by atoms with E-state index in [0.717, 1.165) is 0 Å². The number of hydrogen-bond donors (Lipinski definition) is 2. The van der Waals surface area contributed by atoms with E-state index in [1.54, 1.807) is 0 Å². The van der Waals surface area contributed by atoms with Gasteiger partial charge < -0.3 is 10.4 Å². The third-order valence-electron chi connectivity index (χ3n) is 2.43. The van der Waals surface area contributed by atoms with Crippen molar-refractivity contribution in [1.82, 2.24) is 4.98 Å². The predicted molar refractivity (Wildman–Crippen MR) is 75.6 cm³/mol.